The van der Waals surface area contributed by atoms with Crippen molar-refractivity contribution in [2.75, 3.05) is 0 Å². The fourth-order valence-electron chi connectivity index (χ4n) is 2.19. The smallest absolute Gasteiger partial charge is 0.337 e. The van der Waals surface area contributed by atoms with Crippen LogP contribution < -0.4 is 0 Å². The van der Waals surface area contributed by atoms with Gasteiger partial charge < -0.3 is 14.2 Å². The second-order valence-electron chi connectivity index (χ2n) is 4.45. The van der Waals surface area contributed by atoms with Crippen molar-refractivity contribution in [3.63, 3.8) is 0 Å². The van der Waals surface area contributed by atoms with E-state index < -0.39 is 5.97 Å². The number of carboxylic acid groups (broad SMARTS) is 1. The van der Waals surface area contributed by atoms with Crippen molar-refractivity contribution in [3.8, 4) is 0 Å². The van der Waals surface area contributed by atoms with E-state index in [1.807, 2.05) is 29.7 Å². The van der Waals surface area contributed by atoms with Gasteiger partial charge in [0.2, 0.25) is 5.89 Å². The van der Waals surface area contributed by atoms with Gasteiger partial charge in [0.1, 0.15) is 6.54 Å². The molecule has 0 saturated carbocycles. The molecular formula is C14H13N3O3. The first-order chi connectivity index (χ1) is 9.69. The first-order valence-electron chi connectivity index (χ1n) is 6.31. The summed E-state index contributed by atoms with van der Waals surface area (Å²) < 4.78 is 6.96. The summed E-state index contributed by atoms with van der Waals surface area (Å²) in [6, 6.07) is 7.36. The van der Waals surface area contributed by atoms with Gasteiger partial charge in [-0.3, -0.25) is 0 Å². The fourth-order valence-corrected chi connectivity index (χ4v) is 2.19. The van der Waals surface area contributed by atoms with Gasteiger partial charge in [0, 0.05) is 23.5 Å². The van der Waals surface area contributed by atoms with Gasteiger partial charge in [-0.15, -0.1) is 0 Å². The van der Waals surface area contributed by atoms with E-state index in [0.717, 1.165) is 5.52 Å². The Bertz CT molecular complexity index is 773. The van der Waals surface area contributed by atoms with Crippen molar-refractivity contribution >= 4 is 16.9 Å². The topological polar surface area (TPSA) is 81.2 Å². The highest BCUT2D eigenvalue weighted by molar-refractivity contribution is 6.03. The average molecular weight is 271 g/mol. The van der Waals surface area contributed by atoms with Crippen molar-refractivity contribution < 1.29 is 14.4 Å². The Hall–Kier alpha value is -2.63. The molecule has 0 aliphatic rings. The number of hydrogen-bond donors (Lipinski definition) is 1. The Morgan fingerprint density at radius 2 is 2.20 bits per heavy atom. The number of carboxylic acids is 1. The number of rotatable bonds is 4. The molecule has 1 N–H and O–H groups in total. The minimum atomic E-state index is -0.945. The van der Waals surface area contributed by atoms with E-state index in [1.165, 1.54) is 0 Å². The average Bonchev–Trinajstić information content (AvgIpc) is 3.04. The van der Waals surface area contributed by atoms with Crippen LogP contribution in [0.2, 0.25) is 0 Å². The van der Waals surface area contributed by atoms with Gasteiger partial charge in [-0.2, -0.15) is 4.98 Å². The van der Waals surface area contributed by atoms with Gasteiger partial charge in [0.05, 0.1) is 5.56 Å². The maximum absolute atomic E-state index is 11.3. The third kappa shape index (κ3) is 2.05. The van der Waals surface area contributed by atoms with Crippen LogP contribution in [0.3, 0.4) is 0 Å². The molecule has 102 valence electrons. The molecule has 1 aromatic carbocycles. The molecule has 0 bridgehead atoms. The molecule has 20 heavy (non-hydrogen) atoms. The minimum Gasteiger partial charge on any atom is -0.478 e. The van der Waals surface area contributed by atoms with Crippen molar-refractivity contribution in [2.45, 2.75) is 19.9 Å². The van der Waals surface area contributed by atoms with E-state index in [-0.39, 0.29) is 5.56 Å². The highest BCUT2D eigenvalue weighted by atomic mass is 16.5. The second-order valence-corrected chi connectivity index (χ2v) is 4.45. The molecule has 6 nitrogen and oxygen atoms in total. The molecule has 0 aliphatic carbocycles. The lowest BCUT2D eigenvalue weighted by Crippen LogP contribution is -1.99. The Labute approximate surface area is 114 Å². The van der Waals surface area contributed by atoms with Crippen LogP contribution >= 0.6 is 0 Å². The molecule has 0 atom stereocenters. The monoisotopic (exact) mass is 271 g/mol. The van der Waals surface area contributed by atoms with E-state index in [2.05, 4.69) is 10.1 Å². The zero-order valence-corrected chi connectivity index (χ0v) is 10.9. The number of aryl methyl sites for hydroxylation is 1. The Morgan fingerprint density at radius 3 is 2.90 bits per heavy atom. The van der Waals surface area contributed by atoms with E-state index in [1.54, 1.807) is 12.3 Å². The van der Waals surface area contributed by atoms with Gasteiger partial charge in [0.25, 0.3) is 0 Å². The zero-order chi connectivity index (χ0) is 14.1. The normalized spacial score (nSPS) is 11.1. The first kappa shape index (κ1) is 12.4. The predicted octanol–water partition coefficient (Wildman–Crippen LogP) is 2.33. The summed E-state index contributed by atoms with van der Waals surface area (Å²) in [5, 5.41) is 13.8. The first-order valence-corrected chi connectivity index (χ1v) is 6.31. The number of carbonyl (C=O) groups is 1. The molecule has 0 amide bonds. The van der Waals surface area contributed by atoms with E-state index in [9.17, 15) is 9.90 Å². The second kappa shape index (κ2) is 4.80. The number of fused-ring (bicyclic) bond motifs is 1. The molecule has 0 unspecified atom stereocenters. The molecule has 3 aromatic rings. The lowest BCUT2D eigenvalue weighted by Gasteiger charge is -2.00. The van der Waals surface area contributed by atoms with Crippen LogP contribution in [0.15, 0.2) is 35.0 Å². The number of nitrogens with zero attached hydrogens (tertiary/aromatic N) is 3. The van der Waals surface area contributed by atoms with Crippen molar-refractivity contribution in [2.24, 2.45) is 0 Å². The molecule has 0 radical (unpaired) electrons. The largest absolute Gasteiger partial charge is 0.478 e. The molecule has 3 rings (SSSR count). The van der Waals surface area contributed by atoms with E-state index in [4.69, 9.17) is 4.52 Å². The molecule has 6 heteroatoms. The van der Waals surface area contributed by atoms with Crippen molar-refractivity contribution in [3.05, 3.63) is 47.7 Å². The minimum absolute atomic E-state index is 0.274. The number of aromatic carboxylic acids is 1. The summed E-state index contributed by atoms with van der Waals surface area (Å²) in [6.45, 7) is 2.31. The fraction of sp³-hybridized carbons (Fsp3) is 0.214. The quantitative estimate of drug-likeness (QED) is 0.787. The SMILES string of the molecule is CCc1noc(Cn2cc(C(=O)O)c3ccccc32)n1. The van der Waals surface area contributed by atoms with Crippen LogP contribution in [-0.4, -0.2) is 25.8 Å². The van der Waals surface area contributed by atoms with Gasteiger partial charge in [0.15, 0.2) is 5.82 Å². The summed E-state index contributed by atoms with van der Waals surface area (Å²) >= 11 is 0. The molecule has 2 heterocycles. The van der Waals surface area contributed by atoms with Crippen LogP contribution in [0, 0.1) is 0 Å². The maximum Gasteiger partial charge on any atom is 0.337 e. The summed E-state index contributed by atoms with van der Waals surface area (Å²) in [4.78, 5) is 15.5. The zero-order valence-electron chi connectivity index (χ0n) is 10.9. The van der Waals surface area contributed by atoms with E-state index >= 15 is 0 Å². The lowest BCUT2D eigenvalue weighted by atomic mass is 10.2. The molecule has 0 fully saturated rings. The number of benzene rings is 1. The van der Waals surface area contributed by atoms with Crippen LogP contribution in [0.1, 0.15) is 29.0 Å². The Morgan fingerprint density at radius 1 is 1.40 bits per heavy atom. The van der Waals surface area contributed by atoms with Crippen LogP contribution in [-0.2, 0) is 13.0 Å². The molecule has 0 spiro atoms. The van der Waals surface area contributed by atoms with Gasteiger partial charge in [-0.25, -0.2) is 4.79 Å². The van der Waals surface area contributed by atoms with Crippen LogP contribution in [0.5, 0.6) is 0 Å². The van der Waals surface area contributed by atoms with Crippen LogP contribution in [0.4, 0.5) is 0 Å². The number of hydrogen-bond acceptors (Lipinski definition) is 4. The molecule has 2 aromatic heterocycles. The highest BCUT2D eigenvalue weighted by Gasteiger charge is 2.15. The Balaban J connectivity index is 2.05. The molecule has 0 saturated heterocycles. The predicted molar refractivity (Wildman–Crippen MR) is 71.7 cm³/mol. The standard InChI is InChI=1S/C14H13N3O3/c1-2-12-15-13(20-16-12)8-17-7-10(14(18)19)9-5-3-4-6-11(9)17/h3-7H,2,8H2,1H3,(H,18,19). The van der Waals surface area contributed by atoms with Crippen LogP contribution in [0.25, 0.3) is 10.9 Å². The maximum atomic E-state index is 11.3. The summed E-state index contributed by atoms with van der Waals surface area (Å²) in [6.07, 6.45) is 2.30. The summed E-state index contributed by atoms with van der Waals surface area (Å²) in [5.41, 5.74) is 1.11. The molecule has 0 aliphatic heterocycles. The van der Waals surface area contributed by atoms with Gasteiger partial charge >= 0.3 is 5.97 Å². The summed E-state index contributed by atoms with van der Waals surface area (Å²) in [7, 11) is 0. The van der Waals surface area contributed by atoms with Gasteiger partial charge in [-0.05, 0) is 6.07 Å². The number of aromatic nitrogens is 3. The molecular weight excluding hydrogens is 258 g/mol. The summed E-state index contributed by atoms with van der Waals surface area (Å²) in [5.74, 6) is 0.175. The third-order valence-corrected chi connectivity index (χ3v) is 3.15. The van der Waals surface area contributed by atoms with Crippen molar-refractivity contribution in [1.29, 1.82) is 0 Å². The Kier molecular flexibility index (Phi) is 2.98. The third-order valence-electron chi connectivity index (χ3n) is 3.15. The number of para-hydroxylation sites is 1. The van der Waals surface area contributed by atoms with E-state index in [0.29, 0.717) is 30.1 Å². The highest BCUT2D eigenvalue weighted by Crippen LogP contribution is 2.22. The van der Waals surface area contributed by atoms with Gasteiger partial charge in [-0.1, -0.05) is 30.3 Å². The van der Waals surface area contributed by atoms with Crippen molar-refractivity contribution in [1.82, 2.24) is 14.7 Å². The lowest BCUT2D eigenvalue weighted by molar-refractivity contribution is 0.0698.